The van der Waals surface area contributed by atoms with Gasteiger partial charge in [0.25, 0.3) is 0 Å². The van der Waals surface area contributed by atoms with Gasteiger partial charge >= 0.3 is 0 Å². The van der Waals surface area contributed by atoms with Gasteiger partial charge in [-0.25, -0.2) is 24.2 Å². The number of rotatable bonds is 6. The van der Waals surface area contributed by atoms with E-state index in [-0.39, 0.29) is 10.8 Å². The number of sulfonamides is 1. The van der Waals surface area contributed by atoms with Crippen molar-refractivity contribution < 1.29 is 8.42 Å². The van der Waals surface area contributed by atoms with Crippen LogP contribution in [0.3, 0.4) is 0 Å². The molecule has 0 atom stereocenters. The first kappa shape index (κ1) is 13.2. The third-order valence-electron chi connectivity index (χ3n) is 2.91. The fraction of sp³-hybridized carbons (Fsp3) is 0.600. The van der Waals surface area contributed by atoms with Gasteiger partial charge in [-0.1, -0.05) is 6.92 Å². The third kappa shape index (κ3) is 2.77. The van der Waals surface area contributed by atoms with Gasteiger partial charge in [0.15, 0.2) is 0 Å². The van der Waals surface area contributed by atoms with Gasteiger partial charge in [-0.05, 0) is 18.8 Å². The van der Waals surface area contributed by atoms with Gasteiger partial charge in [-0.15, -0.1) is 0 Å². The van der Waals surface area contributed by atoms with Crippen LogP contribution in [-0.2, 0) is 10.0 Å². The van der Waals surface area contributed by atoms with Gasteiger partial charge in [0.2, 0.25) is 16.0 Å². The molecular formula is C10H17N5O2S. The summed E-state index contributed by atoms with van der Waals surface area (Å²) in [6.07, 6.45) is 4.76. The Hall–Kier alpha value is -1.25. The minimum atomic E-state index is -3.49. The lowest BCUT2D eigenvalue weighted by Crippen LogP contribution is -2.33. The molecule has 8 heteroatoms. The summed E-state index contributed by atoms with van der Waals surface area (Å²) in [5, 5.41) is 0. The number of hydrogen-bond donors (Lipinski definition) is 2. The molecule has 0 saturated heterocycles. The number of nitrogens with zero attached hydrogens (tertiary/aromatic N) is 3. The highest BCUT2D eigenvalue weighted by Gasteiger charge is 2.31. The zero-order valence-corrected chi connectivity index (χ0v) is 11.0. The molecule has 1 aliphatic rings. The smallest absolute Gasteiger partial charge is 0.246 e. The molecule has 1 aliphatic carbocycles. The number of nitrogens with one attached hydrogen (secondary N) is 1. The van der Waals surface area contributed by atoms with E-state index in [4.69, 9.17) is 5.84 Å². The predicted octanol–water partition coefficient (Wildman–Crippen LogP) is 0.183. The molecule has 0 aliphatic heterocycles. The molecule has 0 amide bonds. The highest BCUT2D eigenvalue weighted by molar-refractivity contribution is 7.89. The van der Waals surface area contributed by atoms with Crippen molar-refractivity contribution in [2.45, 2.75) is 24.7 Å². The second-order valence-corrected chi connectivity index (χ2v) is 6.22. The minimum absolute atomic E-state index is 0.101. The highest BCUT2D eigenvalue weighted by Crippen LogP contribution is 2.31. The summed E-state index contributed by atoms with van der Waals surface area (Å²) in [5.41, 5.74) is 2.26. The molecule has 0 spiro atoms. The lowest BCUT2D eigenvalue weighted by atomic mass is 10.4. The largest absolute Gasteiger partial charge is 0.292 e. The molecule has 1 aromatic rings. The van der Waals surface area contributed by atoms with Crippen LogP contribution in [-0.4, -0.2) is 35.8 Å². The van der Waals surface area contributed by atoms with Crippen molar-refractivity contribution in [1.82, 2.24) is 14.3 Å². The molecule has 0 radical (unpaired) electrons. The first-order chi connectivity index (χ1) is 8.57. The average molecular weight is 271 g/mol. The van der Waals surface area contributed by atoms with E-state index in [9.17, 15) is 8.42 Å². The van der Waals surface area contributed by atoms with Gasteiger partial charge in [-0.2, -0.15) is 4.31 Å². The summed E-state index contributed by atoms with van der Waals surface area (Å²) in [6, 6.07) is 0. The van der Waals surface area contributed by atoms with E-state index in [1.807, 2.05) is 6.92 Å². The van der Waals surface area contributed by atoms with E-state index in [1.54, 1.807) is 0 Å². The molecule has 1 saturated carbocycles. The first-order valence-corrected chi connectivity index (χ1v) is 7.30. The van der Waals surface area contributed by atoms with Crippen molar-refractivity contribution in [3.63, 3.8) is 0 Å². The zero-order chi connectivity index (χ0) is 13.2. The van der Waals surface area contributed by atoms with Crippen LogP contribution >= 0.6 is 0 Å². The maximum absolute atomic E-state index is 12.3. The summed E-state index contributed by atoms with van der Waals surface area (Å²) in [6.45, 7) is 2.86. The topological polar surface area (TPSA) is 101 Å². The molecular weight excluding hydrogens is 254 g/mol. The number of anilines is 1. The first-order valence-electron chi connectivity index (χ1n) is 5.86. The Bertz CT molecular complexity index is 498. The lowest BCUT2D eigenvalue weighted by molar-refractivity contribution is 0.411. The normalized spacial score (nSPS) is 15.9. The van der Waals surface area contributed by atoms with Crippen molar-refractivity contribution in [1.29, 1.82) is 0 Å². The zero-order valence-electron chi connectivity index (χ0n) is 10.2. The summed E-state index contributed by atoms with van der Waals surface area (Å²) in [5.74, 6) is 5.83. The van der Waals surface area contributed by atoms with E-state index in [0.29, 0.717) is 19.0 Å². The molecule has 18 heavy (non-hydrogen) atoms. The van der Waals surface area contributed by atoms with Gasteiger partial charge in [0.05, 0.1) is 12.4 Å². The molecule has 2 rings (SSSR count). The Morgan fingerprint density at radius 1 is 1.44 bits per heavy atom. The summed E-state index contributed by atoms with van der Waals surface area (Å²) < 4.78 is 26.1. The van der Waals surface area contributed by atoms with Crippen LogP contribution in [0.2, 0.25) is 0 Å². The van der Waals surface area contributed by atoms with Crippen molar-refractivity contribution in [2.75, 3.05) is 18.5 Å². The maximum Gasteiger partial charge on any atom is 0.246 e. The summed E-state index contributed by atoms with van der Waals surface area (Å²) in [4.78, 5) is 7.74. The Morgan fingerprint density at radius 2 is 2.06 bits per heavy atom. The molecule has 0 aromatic carbocycles. The Morgan fingerprint density at radius 3 is 2.50 bits per heavy atom. The molecule has 1 heterocycles. The second-order valence-electron chi connectivity index (χ2n) is 4.29. The molecule has 1 aromatic heterocycles. The van der Waals surface area contributed by atoms with Crippen LogP contribution in [0.25, 0.3) is 0 Å². The van der Waals surface area contributed by atoms with Crippen LogP contribution in [0.4, 0.5) is 5.95 Å². The van der Waals surface area contributed by atoms with Crippen LogP contribution < -0.4 is 11.3 Å². The predicted molar refractivity (Wildman–Crippen MR) is 67.0 cm³/mol. The van der Waals surface area contributed by atoms with Crippen molar-refractivity contribution in [3.8, 4) is 0 Å². The molecule has 3 N–H and O–H groups in total. The molecule has 1 fully saturated rings. The lowest BCUT2D eigenvalue weighted by Gasteiger charge is -2.19. The van der Waals surface area contributed by atoms with Crippen LogP contribution in [0, 0.1) is 5.92 Å². The van der Waals surface area contributed by atoms with E-state index in [0.717, 1.165) is 12.8 Å². The number of hydrazine groups is 1. The standard InChI is InChI=1S/C10H17N5O2S/c1-2-15(7-8-3-4-8)18(16,17)9-5-12-10(14-11)13-6-9/h5-6,8H,2-4,7,11H2,1H3,(H,12,13,14). The Kier molecular flexibility index (Phi) is 3.79. The van der Waals surface area contributed by atoms with Crippen molar-refractivity contribution >= 4 is 16.0 Å². The molecule has 0 unspecified atom stereocenters. The average Bonchev–Trinajstić information content (AvgIpc) is 3.19. The highest BCUT2D eigenvalue weighted by atomic mass is 32.2. The van der Waals surface area contributed by atoms with Crippen LogP contribution in [0.5, 0.6) is 0 Å². The second kappa shape index (κ2) is 5.17. The Labute approximate surface area is 106 Å². The number of hydrogen-bond acceptors (Lipinski definition) is 6. The quantitative estimate of drug-likeness (QED) is 0.565. The monoisotopic (exact) mass is 271 g/mol. The molecule has 100 valence electrons. The van der Waals surface area contributed by atoms with E-state index in [2.05, 4.69) is 15.4 Å². The minimum Gasteiger partial charge on any atom is -0.292 e. The maximum atomic E-state index is 12.3. The van der Waals surface area contributed by atoms with Crippen LogP contribution in [0.15, 0.2) is 17.3 Å². The van der Waals surface area contributed by atoms with Gasteiger partial charge in [-0.3, -0.25) is 5.43 Å². The number of nitrogen functional groups attached to an aromatic ring is 1. The van der Waals surface area contributed by atoms with E-state index >= 15 is 0 Å². The van der Waals surface area contributed by atoms with Crippen LogP contribution in [0.1, 0.15) is 19.8 Å². The molecule has 0 bridgehead atoms. The SMILES string of the molecule is CCN(CC1CC1)S(=O)(=O)c1cnc(NN)nc1. The van der Waals surface area contributed by atoms with Gasteiger partial charge in [0.1, 0.15) is 4.90 Å². The molecule has 7 nitrogen and oxygen atoms in total. The van der Waals surface area contributed by atoms with Gasteiger partial charge in [0, 0.05) is 13.1 Å². The van der Waals surface area contributed by atoms with Gasteiger partial charge < -0.3 is 0 Å². The van der Waals surface area contributed by atoms with Crippen molar-refractivity contribution in [2.24, 2.45) is 11.8 Å². The summed E-state index contributed by atoms with van der Waals surface area (Å²) >= 11 is 0. The Balaban J connectivity index is 2.21. The third-order valence-corrected chi connectivity index (χ3v) is 4.80. The number of aromatic nitrogens is 2. The number of nitrogens with two attached hydrogens (primary N) is 1. The fourth-order valence-corrected chi connectivity index (χ4v) is 3.08. The summed E-state index contributed by atoms with van der Waals surface area (Å²) in [7, 11) is -3.49. The van der Waals surface area contributed by atoms with E-state index in [1.165, 1.54) is 16.7 Å². The van der Waals surface area contributed by atoms with E-state index < -0.39 is 10.0 Å². The van der Waals surface area contributed by atoms with Crippen molar-refractivity contribution in [3.05, 3.63) is 12.4 Å². The fourth-order valence-electron chi connectivity index (χ4n) is 1.66.